The molecule has 2 aromatic heterocycles. The number of H-pyrrole nitrogens is 1. The summed E-state index contributed by atoms with van der Waals surface area (Å²) in [5.74, 6) is 0. The van der Waals surface area contributed by atoms with Gasteiger partial charge in [0.05, 0.1) is 0 Å². The van der Waals surface area contributed by atoms with Crippen LogP contribution in [0, 0.1) is 13.8 Å². The maximum atomic E-state index is 12.7. The highest BCUT2D eigenvalue weighted by atomic mass is 35.5. The van der Waals surface area contributed by atoms with E-state index in [4.69, 9.17) is 11.6 Å². The van der Waals surface area contributed by atoms with E-state index in [9.17, 15) is 4.79 Å². The molecule has 0 atom stereocenters. The van der Waals surface area contributed by atoms with Crippen molar-refractivity contribution < 1.29 is 0 Å². The monoisotopic (exact) mass is 315 g/mol. The fourth-order valence-electron chi connectivity index (χ4n) is 2.82. The normalized spacial score (nSPS) is 11.3. The summed E-state index contributed by atoms with van der Waals surface area (Å²) in [7, 11) is 0. The van der Waals surface area contributed by atoms with E-state index in [1.807, 2.05) is 38.1 Å². The lowest BCUT2D eigenvalue weighted by Crippen LogP contribution is -2.21. The van der Waals surface area contributed by atoms with Crippen molar-refractivity contribution in [1.29, 1.82) is 0 Å². The summed E-state index contributed by atoms with van der Waals surface area (Å²) in [5.41, 5.74) is 5.11. The Labute approximate surface area is 133 Å². The second-order valence-corrected chi connectivity index (χ2v) is 5.95. The SMILES string of the molecule is CCCc1c(C)nc2c(-c3ccc(Cl)cc3)c(C)[nH]n2c1=O. The number of halogens is 1. The van der Waals surface area contributed by atoms with Crippen molar-refractivity contribution in [3.8, 4) is 11.1 Å². The molecule has 114 valence electrons. The number of hydrogen-bond acceptors (Lipinski definition) is 2. The van der Waals surface area contributed by atoms with Crippen LogP contribution in [0.1, 0.15) is 30.3 Å². The summed E-state index contributed by atoms with van der Waals surface area (Å²) in [6.45, 7) is 5.92. The molecule has 0 saturated carbocycles. The van der Waals surface area contributed by atoms with Crippen LogP contribution in [0.3, 0.4) is 0 Å². The van der Waals surface area contributed by atoms with Gasteiger partial charge in [0.25, 0.3) is 5.56 Å². The molecule has 3 rings (SSSR count). The van der Waals surface area contributed by atoms with E-state index in [0.29, 0.717) is 10.7 Å². The minimum absolute atomic E-state index is 0.00679. The molecule has 0 aliphatic carbocycles. The molecule has 0 radical (unpaired) electrons. The third-order valence-electron chi connectivity index (χ3n) is 3.89. The van der Waals surface area contributed by atoms with Crippen LogP contribution in [0.25, 0.3) is 16.8 Å². The number of aromatic nitrogens is 3. The maximum Gasteiger partial charge on any atom is 0.276 e. The summed E-state index contributed by atoms with van der Waals surface area (Å²) in [6.07, 6.45) is 1.67. The second-order valence-electron chi connectivity index (χ2n) is 5.51. The number of benzene rings is 1. The third-order valence-corrected chi connectivity index (χ3v) is 4.15. The number of nitrogens with one attached hydrogen (secondary N) is 1. The number of aromatic amines is 1. The molecule has 0 unspecified atom stereocenters. The largest absolute Gasteiger partial charge is 0.293 e. The van der Waals surface area contributed by atoms with E-state index in [-0.39, 0.29) is 5.56 Å². The van der Waals surface area contributed by atoms with Gasteiger partial charge in [-0.3, -0.25) is 9.89 Å². The maximum absolute atomic E-state index is 12.7. The molecule has 0 aliphatic heterocycles. The standard InChI is InChI=1S/C17H18ClN3O/c1-4-5-14-10(2)19-16-15(11(3)20-21(16)17(14)22)12-6-8-13(18)9-7-12/h6-9,20H,4-5H2,1-3H3. The van der Waals surface area contributed by atoms with E-state index in [0.717, 1.165) is 40.9 Å². The highest BCUT2D eigenvalue weighted by Crippen LogP contribution is 2.28. The van der Waals surface area contributed by atoms with Gasteiger partial charge in [-0.2, -0.15) is 0 Å². The van der Waals surface area contributed by atoms with Crippen molar-refractivity contribution in [2.75, 3.05) is 0 Å². The van der Waals surface area contributed by atoms with Gasteiger partial charge in [0, 0.05) is 27.5 Å². The predicted molar refractivity (Wildman–Crippen MR) is 89.7 cm³/mol. The molecular weight excluding hydrogens is 298 g/mol. The molecule has 0 fully saturated rings. The molecule has 0 aliphatic rings. The van der Waals surface area contributed by atoms with Crippen LogP contribution in [-0.2, 0) is 6.42 Å². The number of hydrogen-bond donors (Lipinski definition) is 1. The number of nitrogens with zero attached hydrogens (tertiary/aromatic N) is 2. The Morgan fingerprint density at radius 1 is 1.23 bits per heavy atom. The molecule has 1 aromatic carbocycles. The molecule has 22 heavy (non-hydrogen) atoms. The summed E-state index contributed by atoms with van der Waals surface area (Å²) in [4.78, 5) is 17.3. The van der Waals surface area contributed by atoms with Crippen molar-refractivity contribution in [2.45, 2.75) is 33.6 Å². The van der Waals surface area contributed by atoms with Crippen LogP contribution in [-0.4, -0.2) is 14.6 Å². The molecular formula is C17H18ClN3O. The van der Waals surface area contributed by atoms with Crippen molar-refractivity contribution in [3.63, 3.8) is 0 Å². The topological polar surface area (TPSA) is 50.2 Å². The fraction of sp³-hybridized carbons (Fsp3) is 0.294. The van der Waals surface area contributed by atoms with Gasteiger partial charge in [-0.25, -0.2) is 9.50 Å². The van der Waals surface area contributed by atoms with Gasteiger partial charge < -0.3 is 0 Å². The van der Waals surface area contributed by atoms with E-state index in [2.05, 4.69) is 17.0 Å². The lowest BCUT2D eigenvalue weighted by molar-refractivity contribution is 0.811. The number of aryl methyl sites for hydroxylation is 2. The van der Waals surface area contributed by atoms with Gasteiger partial charge >= 0.3 is 0 Å². The molecule has 1 N–H and O–H groups in total. The number of rotatable bonds is 3. The first-order valence-electron chi connectivity index (χ1n) is 7.39. The minimum Gasteiger partial charge on any atom is -0.293 e. The van der Waals surface area contributed by atoms with Gasteiger partial charge in [-0.15, -0.1) is 0 Å². The highest BCUT2D eigenvalue weighted by Gasteiger charge is 2.17. The first-order chi connectivity index (χ1) is 10.5. The van der Waals surface area contributed by atoms with Gasteiger partial charge in [0.2, 0.25) is 0 Å². The minimum atomic E-state index is -0.00679. The van der Waals surface area contributed by atoms with Gasteiger partial charge in [-0.1, -0.05) is 37.1 Å². The Hall–Kier alpha value is -2.07. The van der Waals surface area contributed by atoms with Crippen LogP contribution in [0.2, 0.25) is 5.02 Å². The first kappa shape index (κ1) is 14.9. The molecule has 5 heteroatoms. The van der Waals surface area contributed by atoms with Gasteiger partial charge in [-0.05, 0) is 38.0 Å². The second kappa shape index (κ2) is 5.61. The number of fused-ring (bicyclic) bond motifs is 1. The fourth-order valence-corrected chi connectivity index (χ4v) is 2.95. The Kier molecular flexibility index (Phi) is 3.79. The van der Waals surface area contributed by atoms with E-state index >= 15 is 0 Å². The van der Waals surface area contributed by atoms with Crippen LogP contribution in [0.4, 0.5) is 0 Å². The lowest BCUT2D eigenvalue weighted by Gasteiger charge is -2.05. The van der Waals surface area contributed by atoms with Crippen LogP contribution in [0.15, 0.2) is 29.1 Å². The van der Waals surface area contributed by atoms with Crippen molar-refractivity contribution in [2.24, 2.45) is 0 Å². The zero-order valence-electron chi connectivity index (χ0n) is 12.9. The lowest BCUT2D eigenvalue weighted by atomic mass is 10.1. The van der Waals surface area contributed by atoms with Gasteiger partial charge in [0.15, 0.2) is 5.65 Å². The summed E-state index contributed by atoms with van der Waals surface area (Å²) >= 11 is 5.96. The van der Waals surface area contributed by atoms with Crippen molar-refractivity contribution in [1.82, 2.24) is 14.6 Å². The van der Waals surface area contributed by atoms with Crippen molar-refractivity contribution in [3.05, 3.63) is 56.6 Å². The quantitative estimate of drug-likeness (QED) is 0.796. The Morgan fingerprint density at radius 3 is 2.55 bits per heavy atom. The molecule has 4 nitrogen and oxygen atoms in total. The van der Waals surface area contributed by atoms with Crippen LogP contribution >= 0.6 is 11.6 Å². The van der Waals surface area contributed by atoms with E-state index in [1.165, 1.54) is 0 Å². The summed E-state index contributed by atoms with van der Waals surface area (Å²) < 4.78 is 1.55. The zero-order chi connectivity index (χ0) is 15.9. The zero-order valence-corrected chi connectivity index (χ0v) is 13.7. The highest BCUT2D eigenvalue weighted by molar-refractivity contribution is 6.30. The molecule has 0 saturated heterocycles. The molecule has 0 amide bonds. The Morgan fingerprint density at radius 2 is 1.91 bits per heavy atom. The van der Waals surface area contributed by atoms with E-state index < -0.39 is 0 Å². The van der Waals surface area contributed by atoms with Crippen LogP contribution < -0.4 is 5.56 Å². The molecule has 3 aromatic rings. The van der Waals surface area contributed by atoms with Crippen molar-refractivity contribution >= 4 is 17.2 Å². The average molecular weight is 316 g/mol. The smallest absolute Gasteiger partial charge is 0.276 e. The third kappa shape index (κ3) is 2.33. The average Bonchev–Trinajstić information content (AvgIpc) is 2.81. The Bertz CT molecular complexity index is 891. The van der Waals surface area contributed by atoms with E-state index in [1.54, 1.807) is 4.52 Å². The van der Waals surface area contributed by atoms with Gasteiger partial charge in [0.1, 0.15) is 0 Å². The van der Waals surface area contributed by atoms with Crippen LogP contribution in [0.5, 0.6) is 0 Å². The molecule has 0 spiro atoms. The summed E-state index contributed by atoms with van der Waals surface area (Å²) in [5, 5.41) is 3.83. The summed E-state index contributed by atoms with van der Waals surface area (Å²) in [6, 6.07) is 7.58. The first-order valence-corrected chi connectivity index (χ1v) is 7.77. The predicted octanol–water partition coefficient (Wildman–Crippen LogP) is 3.91. The molecule has 0 bridgehead atoms. The Balaban J connectivity index is 2.31. The molecule has 2 heterocycles.